The molecule has 0 bridgehead atoms. The molecule has 0 saturated heterocycles. The first-order valence-electron chi connectivity index (χ1n) is 11.2. The second-order valence-corrected chi connectivity index (χ2v) is 8.42. The summed E-state index contributed by atoms with van der Waals surface area (Å²) in [6, 6.07) is 9.99. The number of hydrogen-bond acceptors (Lipinski definition) is 4. The number of nitrogens with one attached hydrogen (secondary N) is 2. The van der Waals surface area contributed by atoms with E-state index in [0.717, 1.165) is 29.9 Å². The molecular formula is C24H30N6O2. The number of aromatic nitrogens is 4. The minimum Gasteiger partial charge on any atom is -0.352 e. The zero-order chi connectivity index (χ0) is 22.5. The molecule has 4 rings (SSSR count). The van der Waals surface area contributed by atoms with Crippen LogP contribution >= 0.6 is 0 Å². The first-order valence-corrected chi connectivity index (χ1v) is 11.2. The van der Waals surface area contributed by atoms with E-state index in [-0.39, 0.29) is 17.5 Å². The van der Waals surface area contributed by atoms with E-state index in [4.69, 9.17) is 4.98 Å². The number of benzene rings is 1. The van der Waals surface area contributed by atoms with E-state index in [1.165, 1.54) is 23.7 Å². The smallest absolute Gasteiger partial charge is 0.270 e. The van der Waals surface area contributed by atoms with Crippen LogP contribution in [0.15, 0.2) is 42.7 Å². The van der Waals surface area contributed by atoms with Gasteiger partial charge in [0.25, 0.3) is 11.8 Å². The fraction of sp³-hybridized carbons (Fsp3) is 0.417. The van der Waals surface area contributed by atoms with Crippen LogP contribution in [0.4, 0.5) is 0 Å². The standard InChI is InChI=1S/C24H30N6O2/c1-29-16-20(18-10-4-3-5-11-18)28-21(29)12-13-25-24(32)22-19(15-27-30(22)2)23(31)26-14-17-8-6-7-9-17/h3-5,10-11,15-17H,6-9,12-14H2,1-2H3,(H,25,32)(H,26,31). The van der Waals surface area contributed by atoms with Gasteiger partial charge in [-0.2, -0.15) is 5.10 Å². The molecule has 1 aromatic carbocycles. The summed E-state index contributed by atoms with van der Waals surface area (Å²) >= 11 is 0. The Labute approximate surface area is 188 Å². The maximum absolute atomic E-state index is 12.8. The van der Waals surface area contributed by atoms with Gasteiger partial charge in [-0.05, 0) is 18.8 Å². The Morgan fingerprint density at radius 2 is 1.81 bits per heavy atom. The Morgan fingerprint density at radius 3 is 2.56 bits per heavy atom. The van der Waals surface area contributed by atoms with Crippen molar-refractivity contribution in [1.82, 2.24) is 30.0 Å². The highest BCUT2D eigenvalue weighted by Gasteiger charge is 2.23. The van der Waals surface area contributed by atoms with Crippen LogP contribution in [0, 0.1) is 5.92 Å². The van der Waals surface area contributed by atoms with E-state index in [9.17, 15) is 9.59 Å². The van der Waals surface area contributed by atoms with Crippen molar-refractivity contribution in [2.45, 2.75) is 32.1 Å². The third kappa shape index (κ3) is 4.90. The highest BCUT2D eigenvalue weighted by atomic mass is 16.2. The summed E-state index contributed by atoms with van der Waals surface area (Å²) in [6.45, 7) is 1.06. The van der Waals surface area contributed by atoms with Gasteiger partial charge in [-0.15, -0.1) is 0 Å². The monoisotopic (exact) mass is 434 g/mol. The zero-order valence-corrected chi connectivity index (χ0v) is 18.7. The number of hydrogen-bond donors (Lipinski definition) is 2. The number of nitrogens with zero attached hydrogens (tertiary/aromatic N) is 4. The third-order valence-electron chi connectivity index (χ3n) is 6.10. The summed E-state index contributed by atoms with van der Waals surface area (Å²) in [7, 11) is 3.62. The Kier molecular flexibility index (Phi) is 6.68. The largest absolute Gasteiger partial charge is 0.352 e. The van der Waals surface area contributed by atoms with Gasteiger partial charge in [-0.3, -0.25) is 14.3 Å². The second kappa shape index (κ2) is 9.80. The predicted molar refractivity (Wildman–Crippen MR) is 122 cm³/mol. The summed E-state index contributed by atoms with van der Waals surface area (Å²) in [5.74, 6) is 0.857. The van der Waals surface area contributed by atoms with Gasteiger partial charge in [-0.25, -0.2) is 4.98 Å². The average Bonchev–Trinajstić information content (AvgIpc) is 3.53. The molecule has 1 aliphatic rings. The van der Waals surface area contributed by atoms with Crippen molar-refractivity contribution >= 4 is 11.8 Å². The minimum atomic E-state index is -0.312. The van der Waals surface area contributed by atoms with Gasteiger partial charge in [0.05, 0.1) is 17.5 Å². The molecule has 8 nitrogen and oxygen atoms in total. The zero-order valence-electron chi connectivity index (χ0n) is 18.7. The SMILES string of the molecule is Cn1cc(-c2ccccc2)nc1CCNC(=O)c1c(C(=O)NCC2CCCC2)cnn1C. The topological polar surface area (TPSA) is 93.8 Å². The lowest BCUT2D eigenvalue weighted by Gasteiger charge is -2.11. The molecule has 2 N–H and O–H groups in total. The van der Waals surface area contributed by atoms with Crippen molar-refractivity contribution in [3.8, 4) is 11.3 Å². The molecule has 0 unspecified atom stereocenters. The Hall–Kier alpha value is -3.42. The molecule has 3 aromatic rings. The van der Waals surface area contributed by atoms with Crippen molar-refractivity contribution in [1.29, 1.82) is 0 Å². The Morgan fingerprint density at radius 1 is 1.06 bits per heavy atom. The molecule has 2 amide bonds. The third-order valence-corrected chi connectivity index (χ3v) is 6.10. The van der Waals surface area contributed by atoms with Gasteiger partial charge in [-0.1, -0.05) is 43.2 Å². The minimum absolute atomic E-state index is 0.244. The fourth-order valence-corrected chi connectivity index (χ4v) is 4.28. The maximum Gasteiger partial charge on any atom is 0.270 e. The lowest BCUT2D eigenvalue weighted by molar-refractivity contribution is 0.0911. The molecule has 32 heavy (non-hydrogen) atoms. The molecule has 0 radical (unpaired) electrons. The van der Waals surface area contributed by atoms with Gasteiger partial charge in [0.1, 0.15) is 11.5 Å². The molecular weight excluding hydrogens is 404 g/mol. The predicted octanol–water partition coefficient (Wildman–Crippen LogP) is 2.71. The summed E-state index contributed by atoms with van der Waals surface area (Å²) in [5, 5.41) is 10.0. The van der Waals surface area contributed by atoms with Crippen LogP contribution in [0.1, 0.15) is 52.4 Å². The van der Waals surface area contributed by atoms with Crippen molar-refractivity contribution < 1.29 is 9.59 Å². The van der Waals surface area contributed by atoms with Gasteiger partial charge in [0.2, 0.25) is 0 Å². The molecule has 8 heteroatoms. The van der Waals surface area contributed by atoms with E-state index >= 15 is 0 Å². The van der Waals surface area contributed by atoms with Crippen LogP contribution in [0.25, 0.3) is 11.3 Å². The number of carbonyl (C=O) groups is 2. The van der Waals surface area contributed by atoms with Crippen molar-refractivity contribution in [3.63, 3.8) is 0 Å². The van der Waals surface area contributed by atoms with Gasteiger partial charge < -0.3 is 15.2 Å². The van der Waals surface area contributed by atoms with E-state index in [2.05, 4.69) is 15.7 Å². The number of amides is 2. The molecule has 2 heterocycles. The lowest BCUT2D eigenvalue weighted by Crippen LogP contribution is -2.33. The van der Waals surface area contributed by atoms with Gasteiger partial charge in [0, 0.05) is 45.4 Å². The van der Waals surface area contributed by atoms with Crippen LogP contribution in [0.2, 0.25) is 0 Å². The molecule has 0 atom stereocenters. The highest BCUT2D eigenvalue weighted by Crippen LogP contribution is 2.24. The summed E-state index contributed by atoms with van der Waals surface area (Å²) in [4.78, 5) is 30.2. The van der Waals surface area contributed by atoms with Gasteiger partial charge >= 0.3 is 0 Å². The number of aryl methyl sites for hydroxylation is 2. The lowest BCUT2D eigenvalue weighted by atomic mass is 10.1. The molecule has 2 aromatic heterocycles. The number of imidazole rings is 1. The van der Waals surface area contributed by atoms with Crippen LogP contribution < -0.4 is 10.6 Å². The Balaban J connectivity index is 1.35. The van der Waals surface area contributed by atoms with Crippen LogP contribution in [-0.4, -0.2) is 44.2 Å². The van der Waals surface area contributed by atoms with Crippen molar-refractivity contribution in [3.05, 3.63) is 59.8 Å². The van der Waals surface area contributed by atoms with Crippen LogP contribution in [0.3, 0.4) is 0 Å². The van der Waals surface area contributed by atoms with Crippen molar-refractivity contribution in [2.75, 3.05) is 13.1 Å². The van der Waals surface area contributed by atoms with E-state index in [1.54, 1.807) is 7.05 Å². The van der Waals surface area contributed by atoms with Gasteiger partial charge in [0.15, 0.2) is 0 Å². The first-order chi connectivity index (χ1) is 15.5. The van der Waals surface area contributed by atoms with Crippen LogP contribution in [-0.2, 0) is 20.5 Å². The highest BCUT2D eigenvalue weighted by molar-refractivity contribution is 6.06. The van der Waals surface area contributed by atoms with Crippen molar-refractivity contribution in [2.24, 2.45) is 20.0 Å². The fourth-order valence-electron chi connectivity index (χ4n) is 4.28. The average molecular weight is 435 g/mol. The summed E-state index contributed by atoms with van der Waals surface area (Å²) in [6.07, 6.45) is 8.79. The van der Waals surface area contributed by atoms with E-state index < -0.39 is 0 Å². The van der Waals surface area contributed by atoms with Crippen LogP contribution in [0.5, 0.6) is 0 Å². The number of carbonyl (C=O) groups excluding carboxylic acids is 2. The molecule has 1 saturated carbocycles. The quantitative estimate of drug-likeness (QED) is 0.570. The summed E-state index contributed by atoms with van der Waals surface area (Å²) < 4.78 is 3.43. The van der Waals surface area contributed by atoms with E-state index in [0.29, 0.717) is 31.0 Å². The second-order valence-electron chi connectivity index (χ2n) is 8.42. The molecule has 1 fully saturated rings. The van der Waals surface area contributed by atoms with E-state index in [1.807, 2.05) is 48.1 Å². The Bertz CT molecular complexity index is 1080. The molecule has 168 valence electrons. The normalized spacial score (nSPS) is 13.9. The molecule has 0 spiro atoms. The molecule has 1 aliphatic carbocycles. The maximum atomic E-state index is 12.8. The first kappa shape index (κ1) is 21.8. The molecule has 0 aliphatic heterocycles. The number of rotatable bonds is 8. The summed E-state index contributed by atoms with van der Waals surface area (Å²) in [5.41, 5.74) is 2.55.